The average molecular weight is 170 g/mol. The minimum atomic E-state index is 0. The van der Waals surface area contributed by atoms with E-state index in [1.807, 2.05) is 0 Å². The van der Waals surface area contributed by atoms with Crippen LogP contribution in [0.3, 0.4) is 0 Å². The number of likely N-dealkylation sites (N-methyl/N-ethyl adjacent to an activating group) is 1. The van der Waals surface area contributed by atoms with E-state index in [9.17, 15) is 0 Å². The fourth-order valence-electron chi connectivity index (χ4n) is 0.784. The van der Waals surface area contributed by atoms with Gasteiger partial charge in [-0.25, -0.2) is 0 Å². The van der Waals surface area contributed by atoms with Crippen LogP contribution in [-0.2, 0) is 4.74 Å². The summed E-state index contributed by atoms with van der Waals surface area (Å²) in [6, 6.07) is 0. The van der Waals surface area contributed by atoms with Crippen LogP contribution in [0.2, 0.25) is 0 Å². The molecule has 1 heterocycles. The largest absolute Gasteiger partial charge is 0.367 e. The SMILES string of the molecule is C[N+](C)(C)CC1CO1.Cl.N. The van der Waals surface area contributed by atoms with E-state index in [1.54, 1.807) is 0 Å². The Hall–Kier alpha value is 0.170. The van der Waals surface area contributed by atoms with Gasteiger partial charge in [-0.15, -0.1) is 12.4 Å². The first kappa shape index (κ1) is 12.8. The van der Waals surface area contributed by atoms with Crippen LogP contribution >= 0.6 is 12.4 Å². The van der Waals surface area contributed by atoms with Crippen molar-refractivity contribution in [1.29, 1.82) is 0 Å². The van der Waals surface area contributed by atoms with Crippen LogP contribution in [0.4, 0.5) is 0 Å². The van der Waals surface area contributed by atoms with Gasteiger partial charge in [-0.1, -0.05) is 0 Å². The van der Waals surface area contributed by atoms with Gasteiger partial charge in [-0.05, 0) is 0 Å². The summed E-state index contributed by atoms with van der Waals surface area (Å²) < 4.78 is 6.09. The van der Waals surface area contributed by atoms with Crippen molar-refractivity contribution >= 4 is 12.4 Å². The summed E-state index contributed by atoms with van der Waals surface area (Å²) in [5.74, 6) is 0. The highest BCUT2D eigenvalue weighted by molar-refractivity contribution is 5.85. The van der Waals surface area contributed by atoms with Crippen molar-refractivity contribution < 1.29 is 9.22 Å². The lowest BCUT2D eigenvalue weighted by Gasteiger charge is -2.22. The fourth-order valence-corrected chi connectivity index (χ4v) is 0.784. The standard InChI is InChI=1S/C6H14NO.ClH.H3N/c1-7(2,3)4-6-5-8-6;;/h6H,4-5H2,1-3H3;1H;1H3/q+1;;. The molecular formula is C6H18ClN2O+. The van der Waals surface area contributed by atoms with Crippen molar-refractivity contribution in [3.8, 4) is 0 Å². The predicted octanol–water partition coefficient (Wildman–Crippen LogP) is 0.675. The number of halogens is 1. The van der Waals surface area contributed by atoms with E-state index in [0.29, 0.717) is 6.10 Å². The highest BCUT2D eigenvalue weighted by atomic mass is 35.5. The Morgan fingerprint density at radius 2 is 1.80 bits per heavy atom. The number of ether oxygens (including phenoxy) is 1. The zero-order valence-corrected chi connectivity index (χ0v) is 7.78. The Labute approximate surface area is 68.9 Å². The third-order valence-electron chi connectivity index (χ3n) is 1.15. The van der Waals surface area contributed by atoms with Crippen LogP contribution in [0.25, 0.3) is 0 Å². The predicted molar refractivity (Wildman–Crippen MR) is 44.9 cm³/mol. The van der Waals surface area contributed by atoms with Crippen molar-refractivity contribution in [1.82, 2.24) is 6.15 Å². The molecule has 4 heteroatoms. The molecule has 0 aromatic rings. The maximum atomic E-state index is 5.07. The van der Waals surface area contributed by atoms with Crippen molar-refractivity contribution in [3.05, 3.63) is 0 Å². The molecule has 1 rings (SSSR count). The van der Waals surface area contributed by atoms with Crippen LogP contribution in [0, 0.1) is 0 Å². The Balaban J connectivity index is 0. The summed E-state index contributed by atoms with van der Waals surface area (Å²) in [4.78, 5) is 0. The quantitative estimate of drug-likeness (QED) is 0.488. The van der Waals surface area contributed by atoms with Crippen molar-refractivity contribution in [2.24, 2.45) is 0 Å². The van der Waals surface area contributed by atoms with E-state index >= 15 is 0 Å². The maximum Gasteiger partial charge on any atom is 0.130 e. The molecule has 1 fully saturated rings. The molecule has 1 unspecified atom stereocenters. The van der Waals surface area contributed by atoms with E-state index in [0.717, 1.165) is 17.6 Å². The van der Waals surface area contributed by atoms with Gasteiger partial charge in [0.05, 0.1) is 27.7 Å². The molecule has 0 aliphatic carbocycles. The van der Waals surface area contributed by atoms with Gasteiger partial charge in [-0.2, -0.15) is 0 Å². The minimum absolute atomic E-state index is 0. The van der Waals surface area contributed by atoms with E-state index in [1.165, 1.54) is 0 Å². The second-order valence-corrected chi connectivity index (χ2v) is 3.43. The third kappa shape index (κ3) is 6.29. The highest BCUT2D eigenvalue weighted by Crippen LogP contribution is 2.11. The highest BCUT2D eigenvalue weighted by Gasteiger charge is 2.28. The number of epoxide rings is 1. The smallest absolute Gasteiger partial charge is 0.130 e. The normalized spacial score (nSPS) is 22.5. The molecule has 0 bridgehead atoms. The van der Waals surface area contributed by atoms with Gasteiger partial charge in [0, 0.05) is 0 Å². The van der Waals surface area contributed by atoms with E-state index in [4.69, 9.17) is 4.74 Å². The monoisotopic (exact) mass is 169 g/mol. The van der Waals surface area contributed by atoms with Crippen LogP contribution in [0.5, 0.6) is 0 Å². The molecule has 0 radical (unpaired) electrons. The molecule has 10 heavy (non-hydrogen) atoms. The summed E-state index contributed by atoms with van der Waals surface area (Å²) in [5.41, 5.74) is 0. The Morgan fingerprint density at radius 3 is 1.90 bits per heavy atom. The summed E-state index contributed by atoms with van der Waals surface area (Å²) in [6.07, 6.45) is 0.565. The van der Waals surface area contributed by atoms with Crippen molar-refractivity contribution in [2.45, 2.75) is 6.10 Å². The Kier molecular flexibility index (Phi) is 5.29. The van der Waals surface area contributed by atoms with Crippen LogP contribution in [-0.4, -0.2) is 44.9 Å². The second kappa shape index (κ2) is 4.13. The average Bonchev–Trinajstić information content (AvgIpc) is 2.12. The van der Waals surface area contributed by atoms with Crippen molar-refractivity contribution in [3.63, 3.8) is 0 Å². The Morgan fingerprint density at radius 1 is 1.40 bits per heavy atom. The molecule has 1 saturated heterocycles. The molecule has 0 aromatic heterocycles. The Bertz CT molecular complexity index is 88.2. The lowest BCUT2D eigenvalue weighted by molar-refractivity contribution is -0.870. The summed E-state index contributed by atoms with van der Waals surface area (Å²) in [7, 11) is 6.55. The number of nitrogens with zero attached hydrogens (tertiary/aromatic N) is 1. The molecule has 3 N–H and O–H groups in total. The van der Waals surface area contributed by atoms with Gasteiger partial charge in [0.2, 0.25) is 0 Å². The van der Waals surface area contributed by atoms with Crippen molar-refractivity contribution in [2.75, 3.05) is 34.3 Å². The lowest BCUT2D eigenvalue weighted by Crippen LogP contribution is -2.37. The summed E-state index contributed by atoms with van der Waals surface area (Å²) in [5, 5.41) is 0. The topological polar surface area (TPSA) is 47.5 Å². The van der Waals surface area contributed by atoms with E-state index in [2.05, 4.69) is 21.1 Å². The van der Waals surface area contributed by atoms with Gasteiger partial charge in [0.1, 0.15) is 12.6 Å². The first-order chi connectivity index (χ1) is 3.58. The third-order valence-corrected chi connectivity index (χ3v) is 1.15. The van der Waals surface area contributed by atoms with Gasteiger partial charge in [-0.3, -0.25) is 0 Å². The minimum Gasteiger partial charge on any atom is -0.367 e. The van der Waals surface area contributed by atoms with Crippen LogP contribution in [0.1, 0.15) is 0 Å². The fraction of sp³-hybridized carbons (Fsp3) is 1.00. The second-order valence-electron chi connectivity index (χ2n) is 3.43. The molecule has 0 spiro atoms. The molecular weight excluding hydrogens is 152 g/mol. The van der Waals surface area contributed by atoms with Crippen LogP contribution < -0.4 is 6.15 Å². The molecule has 3 nitrogen and oxygen atoms in total. The molecule has 1 aliphatic rings. The first-order valence-electron chi connectivity index (χ1n) is 3.00. The zero-order valence-electron chi connectivity index (χ0n) is 6.96. The van der Waals surface area contributed by atoms with E-state index in [-0.39, 0.29) is 18.6 Å². The number of quaternary nitrogens is 1. The first-order valence-corrected chi connectivity index (χ1v) is 3.00. The van der Waals surface area contributed by atoms with Gasteiger partial charge < -0.3 is 15.4 Å². The lowest BCUT2D eigenvalue weighted by atomic mass is 10.4. The number of hydrogen-bond donors (Lipinski definition) is 1. The van der Waals surface area contributed by atoms with Gasteiger partial charge in [0.25, 0.3) is 0 Å². The molecule has 64 valence electrons. The molecule has 1 aliphatic heterocycles. The molecule has 0 saturated carbocycles. The zero-order chi connectivity index (χ0) is 6.20. The number of rotatable bonds is 2. The molecule has 1 atom stereocenters. The molecule has 0 amide bonds. The number of hydrogen-bond acceptors (Lipinski definition) is 2. The van der Waals surface area contributed by atoms with Gasteiger partial charge in [0.15, 0.2) is 0 Å². The van der Waals surface area contributed by atoms with Gasteiger partial charge >= 0.3 is 0 Å². The van der Waals surface area contributed by atoms with Crippen LogP contribution in [0.15, 0.2) is 0 Å². The molecule has 0 aromatic carbocycles. The summed E-state index contributed by atoms with van der Waals surface area (Å²) >= 11 is 0. The summed E-state index contributed by atoms with van der Waals surface area (Å²) in [6.45, 7) is 2.13. The van der Waals surface area contributed by atoms with E-state index < -0.39 is 0 Å². The maximum absolute atomic E-state index is 5.07.